The van der Waals surface area contributed by atoms with Gasteiger partial charge < -0.3 is 24.5 Å². The summed E-state index contributed by atoms with van der Waals surface area (Å²) < 4.78 is 24.5. The van der Waals surface area contributed by atoms with E-state index in [9.17, 15) is 23.9 Å². The number of benzene rings is 2. The van der Waals surface area contributed by atoms with Crippen LogP contribution in [0.2, 0.25) is 5.02 Å². The lowest BCUT2D eigenvalue weighted by molar-refractivity contribution is -0.145. The molecule has 0 aliphatic carbocycles. The van der Waals surface area contributed by atoms with E-state index in [2.05, 4.69) is 5.32 Å². The molecule has 1 saturated heterocycles. The van der Waals surface area contributed by atoms with E-state index in [4.69, 9.17) is 20.8 Å². The number of carbonyl (C=O) groups is 2. The van der Waals surface area contributed by atoms with Gasteiger partial charge >= 0.3 is 11.6 Å². The zero-order chi connectivity index (χ0) is 23.7. The van der Waals surface area contributed by atoms with Crippen molar-refractivity contribution in [2.75, 3.05) is 19.6 Å². The van der Waals surface area contributed by atoms with Crippen LogP contribution < -0.4 is 15.7 Å². The van der Waals surface area contributed by atoms with Gasteiger partial charge in [-0.2, -0.15) is 0 Å². The lowest BCUT2D eigenvalue weighted by Gasteiger charge is -2.33. The minimum atomic E-state index is -1.03. The Kier molecular flexibility index (Phi) is 6.35. The lowest BCUT2D eigenvalue weighted by Crippen LogP contribution is -2.57. The normalized spacial score (nSPS) is 17.1. The van der Waals surface area contributed by atoms with Crippen LogP contribution in [0.4, 0.5) is 4.39 Å². The van der Waals surface area contributed by atoms with Gasteiger partial charge in [0.15, 0.2) is 6.10 Å². The number of piperazine rings is 1. The van der Waals surface area contributed by atoms with Crippen molar-refractivity contribution >= 4 is 34.4 Å². The third-order valence-corrected chi connectivity index (χ3v) is 5.70. The second-order valence-electron chi connectivity index (χ2n) is 7.65. The minimum Gasteiger partial charge on any atom is -0.481 e. The number of nitrogens with zero attached hydrogens (tertiary/aromatic N) is 1. The Hall–Kier alpha value is -3.43. The number of amides is 1. The Labute approximate surface area is 192 Å². The van der Waals surface area contributed by atoms with E-state index < -0.39 is 29.6 Å². The van der Waals surface area contributed by atoms with Crippen molar-refractivity contribution in [3.63, 3.8) is 0 Å². The number of ether oxygens (including phenoxy) is 1. The van der Waals surface area contributed by atoms with E-state index >= 15 is 0 Å². The van der Waals surface area contributed by atoms with Crippen LogP contribution in [-0.2, 0) is 9.59 Å². The molecule has 0 bridgehead atoms. The summed E-state index contributed by atoms with van der Waals surface area (Å²) in [6.07, 6.45) is -0.892. The first kappa shape index (κ1) is 22.8. The zero-order valence-corrected chi connectivity index (χ0v) is 18.3. The molecule has 8 nitrogen and oxygen atoms in total. The first-order chi connectivity index (χ1) is 15.7. The average Bonchev–Trinajstić information content (AvgIpc) is 2.78. The van der Waals surface area contributed by atoms with Crippen molar-refractivity contribution in [2.24, 2.45) is 0 Å². The number of carbonyl (C=O) groups excluding carboxylic acids is 1. The predicted octanol–water partition coefficient (Wildman–Crippen LogP) is 2.90. The quantitative estimate of drug-likeness (QED) is 0.547. The smallest absolute Gasteiger partial charge is 0.336 e. The van der Waals surface area contributed by atoms with E-state index in [0.717, 1.165) is 6.07 Å². The highest BCUT2D eigenvalue weighted by atomic mass is 35.5. The standard InChI is InChI=1S/C23H20ClFN2O6/c1-12(22(29)27-7-6-26-19(11-27)23(30)31)32-14-3-5-16-17(10-21(28)33-20(16)9-14)15-4-2-13(25)8-18(15)24/h2-5,8-10,12,19,26H,6-7,11H2,1H3,(H,30,31)/t12?,19-/m0/s1. The number of nitrogens with one attached hydrogen (secondary N) is 1. The van der Waals surface area contributed by atoms with Crippen LogP contribution >= 0.6 is 11.6 Å². The average molecular weight is 475 g/mol. The van der Waals surface area contributed by atoms with Gasteiger partial charge in [0.25, 0.3) is 5.91 Å². The molecule has 2 heterocycles. The molecule has 4 rings (SSSR count). The molecular weight excluding hydrogens is 455 g/mol. The predicted molar refractivity (Wildman–Crippen MR) is 119 cm³/mol. The Balaban J connectivity index is 1.59. The van der Waals surface area contributed by atoms with E-state index in [1.54, 1.807) is 19.1 Å². The van der Waals surface area contributed by atoms with Crippen LogP contribution in [0.15, 0.2) is 51.7 Å². The first-order valence-corrected chi connectivity index (χ1v) is 10.6. The van der Waals surface area contributed by atoms with Crippen LogP contribution in [0.3, 0.4) is 0 Å². The number of halogens is 2. The van der Waals surface area contributed by atoms with Gasteiger partial charge in [0, 0.05) is 48.3 Å². The zero-order valence-electron chi connectivity index (χ0n) is 17.5. The van der Waals surface area contributed by atoms with Gasteiger partial charge in [-0.25, -0.2) is 9.18 Å². The fraction of sp³-hybridized carbons (Fsp3) is 0.261. The maximum atomic E-state index is 13.4. The lowest BCUT2D eigenvalue weighted by atomic mass is 10.0. The molecule has 172 valence electrons. The van der Waals surface area contributed by atoms with Gasteiger partial charge in [0.05, 0.1) is 5.02 Å². The highest BCUT2D eigenvalue weighted by Crippen LogP contribution is 2.34. The summed E-state index contributed by atoms with van der Waals surface area (Å²) >= 11 is 6.17. The third kappa shape index (κ3) is 4.84. The molecule has 1 fully saturated rings. The molecule has 1 unspecified atom stereocenters. The number of hydrogen-bond donors (Lipinski definition) is 2. The maximum absolute atomic E-state index is 13.4. The Bertz CT molecular complexity index is 1290. The first-order valence-electron chi connectivity index (χ1n) is 10.2. The van der Waals surface area contributed by atoms with Crippen molar-refractivity contribution in [3.8, 4) is 16.9 Å². The summed E-state index contributed by atoms with van der Waals surface area (Å²) in [6.45, 7) is 2.33. The Morgan fingerprint density at radius 3 is 2.76 bits per heavy atom. The molecule has 2 aromatic carbocycles. The summed E-state index contributed by atoms with van der Waals surface area (Å²) in [7, 11) is 0. The molecule has 0 spiro atoms. The molecule has 2 N–H and O–H groups in total. The molecule has 1 aromatic heterocycles. The van der Waals surface area contributed by atoms with Crippen LogP contribution in [0.5, 0.6) is 5.75 Å². The number of fused-ring (bicyclic) bond motifs is 1. The van der Waals surface area contributed by atoms with E-state index in [1.807, 2.05) is 0 Å². The van der Waals surface area contributed by atoms with Gasteiger partial charge in [0.2, 0.25) is 0 Å². The molecule has 0 radical (unpaired) electrons. The molecule has 2 atom stereocenters. The largest absolute Gasteiger partial charge is 0.481 e. The maximum Gasteiger partial charge on any atom is 0.336 e. The second kappa shape index (κ2) is 9.21. The topological polar surface area (TPSA) is 109 Å². The fourth-order valence-electron chi connectivity index (χ4n) is 3.77. The van der Waals surface area contributed by atoms with Crippen molar-refractivity contribution < 1.29 is 28.2 Å². The SMILES string of the molecule is CC(Oc1ccc2c(-c3ccc(F)cc3Cl)cc(=O)oc2c1)C(=O)N1CCN[C@H](C(=O)O)C1. The summed E-state index contributed by atoms with van der Waals surface area (Å²) in [5.41, 5.74) is 0.533. The Morgan fingerprint density at radius 1 is 1.24 bits per heavy atom. The molecule has 0 saturated carbocycles. The molecule has 3 aromatic rings. The highest BCUT2D eigenvalue weighted by molar-refractivity contribution is 6.33. The van der Waals surface area contributed by atoms with E-state index in [1.165, 1.54) is 29.2 Å². The van der Waals surface area contributed by atoms with Crippen molar-refractivity contribution in [1.29, 1.82) is 0 Å². The van der Waals surface area contributed by atoms with Crippen molar-refractivity contribution in [1.82, 2.24) is 10.2 Å². The fourth-order valence-corrected chi connectivity index (χ4v) is 4.04. The number of aliphatic carboxylic acids is 1. The molecule has 1 amide bonds. The van der Waals surface area contributed by atoms with Crippen LogP contribution in [0.25, 0.3) is 22.1 Å². The molecule has 1 aliphatic rings. The molecule has 1 aliphatic heterocycles. The van der Waals surface area contributed by atoms with Gasteiger partial charge in [-0.1, -0.05) is 11.6 Å². The third-order valence-electron chi connectivity index (χ3n) is 5.38. The van der Waals surface area contributed by atoms with Gasteiger partial charge in [-0.15, -0.1) is 0 Å². The number of carboxylic acid groups (broad SMARTS) is 1. The van der Waals surface area contributed by atoms with E-state index in [-0.39, 0.29) is 23.1 Å². The molecule has 33 heavy (non-hydrogen) atoms. The number of carboxylic acids is 1. The summed E-state index contributed by atoms with van der Waals surface area (Å²) in [5, 5.41) is 12.7. The number of rotatable bonds is 5. The Morgan fingerprint density at radius 2 is 2.03 bits per heavy atom. The molecular formula is C23H20ClFN2O6. The summed E-state index contributed by atoms with van der Waals surface area (Å²) in [4.78, 5) is 37.6. The van der Waals surface area contributed by atoms with Gasteiger partial charge in [0.1, 0.15) is 23.2 Å². The number of hydrogen-bond acceptors (Lipinski definition) is 6. The van der Waals surface area contributed by atoms with Crippen molar-refractivity contribution in [3.05, 3.63) is 63.7 Å². The highest BCUT2D eigenvalue weighted by Gasteiger charge is 2.30. The summed E-state index contributed by atoms with van der Waals surface area (Å²) in [5.74, 6) is -1.58. The van der Waals surface area contributed by atoms with Gasteiger partial charge in [-0.05, 0) is 37.3 Å². The monoisotopic (exact) mass is 474 g/mol. The molecule has 10 heteroatoms. The van der Waals surface area contributed by atoms with Crippen molar-refractivity contribution in [2.45, 2.75) is 19.1 Å². The van der Waals surface area contributed by atoms with Crippen LogP contribution in [0.1, 0.15) is 6.92 Å². The van der Waals surface area contributed by atoms with E-state index in [0.29, 0.717) is 35.4 Å². The summed E-state index contributed by atoms with van der Waals surface area (Å²) in [6, 6.07) is 9.09. The van der Waals surface area contributed by atoms with Crippen LogP contribution in [-0.4, -0.2) is 53.7 Å². The second-order valence-corrected chi connectivity index (χ2v) is 8.06. The minimum absolute atomic E-state index is 0.0379. The van der Waals surface area contributed by atoms with Crippen LogP contribution in [0, 0.1) is 5.82 Å². The van der Waals surface area contributed by atoms with Gasteiger partial charge in [-0.3, -0.25) is 9.59 Å².